The summed E-state index contributed by atoms with van der Waals surface area (Å²) in [5.74, 6) is 0.592. The number of anilines is 1. The molecule has 0 aliphatic rings. The Balaban J connectivity index is 2.33. The van der Waals surface area contributed by atoms with Crippen molar-refractivity contribution in [1.29, 1.82) is 0 Å². The van der Waals surface area contributed by atoms with Crippen molar-refractivity contribution in [3.05, 3.63) is 12.4 Å². The molecule has 3 N–H and O–H groups in total. The average molecular weight is 296 g/mol. The van der Waals surface area contributed by atoms with Crippen molar-refractivity contribution in [2.24, 2.45) is 11.7 Å². The lowest BCUT2D eigenvalue weighted by molar-refractivity contribution is -0.116. The second-order valence-corrected chi connectivity index (χ2v) is 5.30. The third kappa shape index (κ3) is 7.24. The van der Waals surface area contributed by atoms with Gasteiger partial charge in [0.15, 0.2) is 0 Å². The van der Waals surface area contributed by atoms with Crippen molar-refractivity contribution in [3.8, 4) is 0 Å². The van der Waals surface area contributed by atoms with Crippen LogP contribution in [-0.2, 0) is 16.1 Å². The Kier molecular flexibility index (Phi) is 8.69. The first-order valence-electron chi connectivity index (χ1n) is 7.70. The van der Waals surface area contributed by atoms with E-state index in [1.165, 1.54) is 0 Å². The van der Waals surface area contributed by atoms with Crippen LogP contribution in [0.3, 0.4) is 0 Å². The van der Waals surface area contributed by atoms with Crippen LogP contribution in [0.5, 0.6) is 0 Å². The van der Waals surface area contributed by atoms with Crippen molar-refractivity contribution >= 4 is 11.6 Å². The Hall–Kier alpha value is -1.40. The molecule has 21 heavy (non-hydrogen) atoms. The monoisotopic (exact) mass is 296 g/mol. The van der Waals surface area contributed by atoms with Crippen LogP contribution in [0.4, 0.5) is 5.69 Å². The van der Waals surface area contributed by atoms with Gasteiger partial charge in [0.05, 0.1) is 25.0 Å². The number of carbonyl (C=O) groups excluding carboxylic acids is 1. The molecule has 1 atom stereocenters. The zero-order valence-electron chi connectivity index (χ0n) is 13.2. The van der Waals surface area contributed by atoms with Gasteiger partial charge in [-0.05, 0) is 25.3 Å². The molecule has 1 rings (SSSR count). The smallest absolute Gasteiger partial charge is 0.224 e. The quantitative estimate of drug-likeness (QED) is 0.654. The number of carbonyl (C=O) groups is 1. The van der Waals surface area contributed by atoms with Crippen molar-refractivity contribution in [3.63, 3.8) is 0 Å². The number of rotatable bonds is 11. The largest absolute Gasteiger partial charge is 0.383 e. The Morgan fingerprint density at radius 2 is 2.29 bits per heavy atom. The minimum atomic E-state index is 0.0411. The highest BCUT2D eigenvalue weighted by Crippen LogP contribution is 2.17. The molecule has 120 valence electrons. The number of methoxy groups -OCH3 is 1. The summed E-state index contributed by atoms with van der Waals surface area (Å²) in [5.41, 5.74) is 6.35. The number of ether oxygens (including phenoxy) is 1. The van der Waals surface area contributed by atoms with Gasteiger partial charge in [0.2, 0.25) is 5.91 Å². The highest BCUT2D eigenvalue weighted by molar-refractivity contribution is 5.90. The van der Waals surface area contributed by atoms with E-state index in [0.29, 0.717) is 32.0 Å². The molecule has 0 aromatic carbocycles. The fraction of sp³-hybridized carbons (Fsp3) is 0.733. The molecule has 0 bridgehead atoms. The first-order valence-corrected chi connectivity index (χ1v) is 7.70. The van der Waals surface area contributed by atoms with Gasteiger partial charge in [-0.25, -0.2) is 0 Å². The van der Waals surface area contributed by atoms with E-state index in [4.69, 9.17) is 10.5 Å². The lowest BCUT2D eigenvalue weighted by Crippen LogP contribution is -2.15. The third-order valence-electron chi connectivity index (χ3n) is 3.49. The van der Waals surface area contributed by atoms with Gasteiger partial charge in [0, 0.05) is 19.7 Å². The van der Waals surface area contributed by atoms with Crippen LogP contribution < -0.4 is 11.1 Å². The van der Waals surface area contributed by atoms with Crippen LogP contribution in [0.1, 0.15) is 39.0 Å². The Bertz CT molecular complexity index is 400. The number of nitrogens with zero attached hydrogens (tertiary/aromatic N) is 2. The summed E-state index contributed by atoms with van der Waals surface area (Å²) in [6, 6.07) is 0. The predicted molar refractivity (Wildman–Crippen MR) is 84.0 cm³/mol. The van der Waals surface area contributed by atoms with Gasteiger partial charge in [0.25, 0.3) is 0 Å². The van der Waals surface area contributed by atoms with Crippen LogP contribution in [0, 0.1) is 5.92 Å². The van der Waals surface area contributed by atoms with E-state index in [-0.39, 0.29) is 5.91 Å². The molecule has 0 aliphatic heterocycles. The molecule has 0 saturated heterocycles. The maximum atomic E-state index is 11.9. The van der Waals surface area contributed by atoms with E-state index in [9.17, 15) is 4.79 Å². The van der Waals surface area contributed by atoms with Crippen molar-refractivity contribution in [2.75, 3.05) is 25.6 Å². The van der Waals surface area contributed by atoms with Gasteiger partial charge in [0.1, 0.15) is 0 Å². The topological polar surface area (TPSA) is 82.2 Å². The van der Waals surface area contributed by atoms with Crippen LogP contribution in [0.25, 0.3) is 0 Å². The van der Waals surface area contributed by atoms with Crippen LogP contribution >= 0.6 is 0 Å². The normalized spacial score (nSPS) is 12.3. The third-order valence-corrected chi connectivity index (χ3v) is 3.49. The van der Waals surface area contributed by atoms with Crippen molar-refractivity contribution < 1.29 is 9.53 Å². The fourth-order valence-corrected chi connectivity index (χ4v) is 2.37. The second-order valence-electron chi connectivity index (χ2n) is 5.30. The molecule has 0 radical (unpaired) electrons. The molecule has 6 heteroatoms. The lowest BCUT2D eigenvalue weighted by Gasteiger charge is -2.14. The number of nitrogens with two attached hydrogens (primary N) is 1. The van der Waals surface area contributed by atoms with Crippen LogP contribution in [0.2, 0.25) is 0 Å². The summed E-state index contributed by atoms with van der Waals surface area (Å²) in [6.45, 7) is 4.14. The van der Waals surface area contributed by atoms with E-state index in [2.05, 4.69) is 17.3 Å². The molecule has 0 fully saturated rings. The summed E-state index contributed by atoms with van der Waals surface area (Å²) in [6.07, 6.45) is 8.19. The van der Waals surface area contributed by atoms with Crippen LogP contribution in [0.15, 0.2) is 12.4 Å². The molecular formula is C15H28N4O2. The first kappa shape index (κ1) is 17.7. The molecule has 1 aromatic rings. The zero-order chi connectivity index (χ0) is 15.5. The fourth-order valence-electron chi connectivity index (χ4n) is 2.37. The zero-order valence-corrected chi connectivity index (χ0v) is 13.2. The minimum absolute atomic E-state index is 0.0411. The number of aromatic nitrogens is 2. The average Bonchev–Trinajstić information content (AvgIpc) is 2.90. The highest BCUT2D eigenvalue weighted by atomic mass is 16.5. The number of amides is 1. The molecule has 6 nitrogen and oxygen atoms in total. The number of hydrogen-bond donors (Lipinski definition) is 2. The summed E-state index contributed by atoms with van der Waals surface area (Å²) in [4.78, 5) is 11.9. The molecule has 1 unspecified atom stereocenters. The summed E-state index contributed by atoms with van der Waals surface area (Å²) in [5, 5.41) is 7.05. The minimum Gasteiger partial charge on any atom is -0.383 e. The SMILES string of the molecule is CCCC(CCN)CCC(=O)Nc1cnn(CCOC)c1. The summed E-state index contributed by atoms with van der Waals surface area (Å²) < 4.78 is 6.75. The maximum absolute atomic E-state index is 11.9. The molecule has 0 aliphatic carbocycles. The lowest BCUT2D eigenvalue weighted by atomic mass is 9.94. The highest BCUT2D eigenvalue weighted by Gasteiger charge is 2.11. The van der Waals surface area contributed by atoms with Gasteiger partial charge < -0.3 is 15.8 Å². The Labute approximate surface area is 127 Å². The van der Waals surface area contributed by atoms with Crippen LogP contribution in [-0.4, -0.2) is 35.9 Å². The Morgan fingerprint density at radius 1 is 1.48 bits per heavy atom. The molecule has 1 amide bonds. The van der Waals surface area contributed by atoms with Gasteiger partial charge in [-0.1, -0.05) is 19.8 Å². The molecular weight excluding hydrogens is 268 g/mol. The first-order chi connectivity index (χ1) is 10.2. The van der Waals surface area contributed by atoms with E-state index >= 15 is 0 Å². The summed E-state index contributed by atoms with van der Waals surface area (Å²) in [7, 11) is 1.65. The van der Waals surface area contributed by atoms with Gasteiger partial charge >= 0.3 is 0 Å². The van der Waals surface area contributed by atoms with Gasteiger partial charge in [-0.3, -0.25) is 9.48 Å². The predicted octanol–water partition coefficient (Wildman–Crippen LogP) is 2.01. The standard InChI is InChI=1S/C15H28N4O2/c1-3-4-13(7-8-16)5-6-15(20)18-14-11-17-19(12-14)9-10-21-2/h11-13H,3-10,16H2,1-2H3,(H,18,20). The molecule has 0 spiro atoms. The molecule has 1 aromatic heterocycles. The number of hydrogen-bond acceptors (Lipinski definition) is 4. The van der Waals surface area contributed by atoms with Crippen molar-refractivity contribution in [1.82, 2.24) is 9.78 Å². The Morgan fingerprint density at radius 3 is 2.95 bits per heavy atom. The maximum Gasteiger partial charge on any atom is 0.224 e. The van der Waals surface area contributed by atoms with E-state index in [1.807, 2.05) is 6.20 Å². The second kappa shape index (κ2) is 10.3. The van der Waals surface area contributed by atoms with Crippen molar-refractivity contribution in [2.45, 2.75) is 45.6 Å². The summed E-state index contributed by atoms with van der Waals surface area (Å²) >= 11 is 0. The number of nitrogens with one attached hydrogen (secondary N) is 1. The van der Waals surface area contributed by atoms with Gasteiger partial charge in [-0.2, -0.15) is 5.10 Å². The van der Waals surface area contributed by atoms with Gasteiger partial charge in [-0.15, -0.1) is 0 Å². The van der Waals surface area contributed by atoms with E-state index < -0.39 is 0 Å². The van der Waals surface area contributed by atoms with E-state index in [1.54, 1.807) is 18.0 Å². The van der Waals surface area contributed by atoms with E-state index in [0.717, 1.165) is 31.4 Å². The molecule has 0 saturated carbocycles. The molecule has 1 heterocycles.